The summed E-state index contributed by atoms with van der Waals surface area (Å²) in [5, 5.41) is -0.990. The van der Waals surface area contributed by atoms with E-state index in [4.69, 9.17) is 4.74 Å². The Kier molecular flexibility index (Phi) is 7.93. The van der Waals surface area contributed by atoms with Gasteiger partial charge < -0.3 is 9.72 Å². The van der Waals surface area contributed by atoms with Crippen molar-refractivity contribution in [2.75, 3.05) is 7.11 Å². The first-order valence-electron chi connectivity index (χ1n) is 12.6. The fraction of sp³-hybridized carbons (Fsp3) is 0.214. The number of benzene rings is 3. The standard InChI is InChI=1S/C28H27FN4O6S2/c1-39-23-6-2-4-19(13-23)12-22-17-30-28(31-22)25(32-40(35,36)24-7-3-5-21(29)15-24)14-18-8-10-20(11-9-18)26-16-27(34)33-41(26,37)38/h2-11,13,15,17,25-26,32H,12,14,16H2,1H3,(H,30,31)(H,33,34). The first-order chi connectivity index (χ1) is 19.5. The second kappa shape index (κ2) is 11.4. The third-order valence-corrected chi connectivity index (χ3v) is 9.87. The van der Waals surface area contributed by atoms with E-state index in [-0.39, 0.29) is 17.7 Å². The Labute approximate surface area is 237 Å². The van der Waals surface area contributed by atoms with Crippen LogP contribution in [-0.2, 0) is 37.7 Å². The van der Waals surface area contributed by atoms with Crippen LogP contribution in [0.15, 0.2) is 83.9 Å². The number of hydrogen-bond donors (Lipinski definition) is 3. The highest BCUT2D eigenvalue weighted by molar-refractivity contribution is 7.90. The van der Waals surface area contributed by atoms with E-state index in [1.807, 2.05) is 29.0 Å². The lowest BCUT2D eigenvalue weighted by atomic mass is 10.0. The number of methoxy groups -OCH3 is 1. The van der Waals surface area contributed by atoms with Gasteiger partial charge in [0.2, 0.25) is 26.0 Å². The van der Waals surface area contributed by atoms with Crippen molar-refractivity contribution < 1.29 is 30.8 Å². The zero-order valence-electron chi connectivity index (χ0n) is 21.9. The Bertz CT molecular complexity index is 1790. The fourth-order valence-electron chi connectivity index (χ4n) is 4.68. The van der Waals surface area contributed by atoms with Gasteiger partial charge in [0.25, 0.3) is 0 Å². The normalized spacial score (nSPS) is 17.2. The molecule has 0 radical (unpaired) electrons. The Hall–Kier alpha value is -4.07. The number of halogens is 1. The molecule has 0 aliphatic carbocycles. The van der Waals surface area contributed by atoms with Crippen molar-refractivity contribution >= 4 is 26.0 Å². The summed E-state index contributed by atoms with van der Waals surface area (Å²) in [6.07, 6.45) is 2.09. The van der Waals surface area contributed by atoms with Gasteiger partial charge in [0, 0.05) is 18.3 Å². The second-order valence-corrected chi connectivity index (χ2v) is 13.2. The molecule has 3 N–H and O–H groups in total. The van der Waals surface area contributed by atoms with E-state index in [2.05, 4.69) is 14.7 Å². The Balaban J connectivity index is 1.42. The van der Waals surface area contributed by atoms with Crippen LogP contribution in [-0.4, -0.2) is 39.8 Å². The van der Waals surface area contributed by atoms with E-state index in [1.54, 1.807) is 37.6 Å². The van der Waals surface area contributed by atoms with Crippen LogP contribution >= 0.6 is 0 Å². The molecule has 4 aromatic rings. The van der Waals surface area contributed by atoms with Gasteiger partial charge in [-0.1, -0.05) is 42.5 Å². The molecule has 41 heavy (non-hydrogen) atoms. The van der Waals surface area contributed by atoms with Gasteiger partial charge in [-0.3, -0.25) is 9.52 Å². The molecule has 1 aliphatic heterocycles. The van der Waals surface area contributed by atoms with Crippen molar-refractivity contribution in [1.82, 2.24) is 19.4 Å². The number of aromatic amines is 1. The summed E-state index contributed by atoms with van der Waals surface area (Å²) in [5.74, 6) is -0.195. The Morgan fingerprint density at radius 1 is 1.07 bits per heavy atom. The number of H-pyrrole nitrogens is 1. The van der Waals surface area contributed by atoms with Crippen LogP contribution in [0.1, 0.15) is 45.9 Å². The van der Waals surface area contributed by atoms with Crippen LogP contribution in [0.5, 0.6) is 5.75 Å². The van der Waals surface area contributed by atoms with Crippen LogP contribution in [0.4, 0.5) is 4.39 Å². The molecule has 3 aromatic carbocycles. The lowest BCUT2D eigenvalue weighted by Gasteiger charge is -2.18. The number of nitrogens with one attached hydrogen (secondary N) is 3. The Morgan fingerprint density at radius 3 is 2.51 bits per heavy atom. The highest BCUT2D eigenvalue weighted by atomic mass is 32.2. The van der Waals surface area contributed by atoms with Crippen molar-refractivity contribution in [3.8, 4) is 5.75 Å². The molecule has 2 atom stereocenters. The summed E-state index contributed by atoms with van der Waals surface area (Å²) in [6, 6.07) is 17.9. The van der Waals surface area contributed by atoms with E-state index >= 15 is 0 Å². The van der Waals surface area contributed by atoms with Gasteiger partial charge in [-0.25, -0.2) is 30.9 Å². The molecule has 1 fully saturated rings. The minimum absolute atomic E-state index is 0.148. The fourth-order valence-corrected chi connectivity index (χ4v) is 7.34. The number of imidazole rings is 1. The number of carbonyl (C=O) groups excluding carboxylic acids is 1. The quantitative estimate of drug-likeness (QED) is 0.254. The molecule has 0 spiro atoms. The third-order valence-electron chi connectivity index (χ3n) is 6.70. The maximum Gasteiger partial charge on any atom is 0.242 e. The molecule has 2 heterocycles. The lowest BCUT2D eigenvalue weighted by Crippen LogP contribution is -2.31. The summed E-state index contributed by atoms with van der Waals surface area (Å²) in [7, 11) is -6.36. The molecule has 10 nitrogen and oxygen atoms in total. The van der Waals surface area contributed by atoms with Crippen molar-refractivity contribution in [3.05, 3.63) is 113 Å². The molecule has 1 aliphatic rings. The number of aromatic nitrogens is 2. The van der Waals surface area contributed by atoms with Crippen LogP contribution in [0.3, 0.4) is 0 Å². The number of amides is 1. The number of rotatable bonds is 10. The Morgan fingerprint density at radius 2 is 1.83 bits per heavy atom. The molecule has 1 amide bonds. The first kappa shape index (κ1) is 28.5. The molecule has 214 valence electrons. The van der Waals surface area contributed by atoms with Crippen molar-refractivity contribution in [2.45, 2.75) is 35.4 Å². The molecule has 1 saturated heterocycles. The number of ether oxygens (including phenoxy) is 1. The van der Waals surface area contributed by atoms with Gasteiger partial charge in [-0.15, -0.1) is 0 Å². The van der Waals surface area contributed by atoms with Crippen molar-refractivity contribution in [2.24, 2.45) is 0 Å². The zero-order valence-corrected chi connectivity index (χ0v) is 23.5. The average molecular weight is 599 g/mol. The molecule has 2 unspecified atom stereocenters. The number of nitrogens with zero attached hydrogens (tertiary/aromatic N) is 1. The maximum absolute atomic E-state index is 13.8. The number of carbonyl (C=O) groups is 1. The first-order valence-corrected chi connectivity index (χ1v) is 15.6. The van der Waals surface area contributed by atoms with Crippen molar-refractivity contribution in [1.29, 1.82) is 0 Å². The molecule has 0 saturated carbocycles. The molecule has 5 rings (SSSR count). The highest BCUT2D eigenvalue weighted by Crippen LogP contribution is 2.31. The van der Waals surface area contributed by atoms with Crippen LogP contribution in [0, 0.1) is 5.82 Å². The molecular formula is C28H27FN4O6S2. The highest BCUT2D eigenvalue weighted by Gasteiger charge is 2.37. The molecular weight excluding hydrogens is 571 g/mol. The smallest absolute Gasteiger partial charge is 0.242 e. The predicted octanol–water partition coefficient (Wildman–Crippen LogP) is 3.30. The third kappa shape index (κ3) is 6.64. The topological polar surface area (TPSA) is 147 Å². The van der Waals surface area contributed by atoms with Gasteiger partial charge >= 0.3 is 0 Å². The summed E-state index contributed by atoms with van der Waals surface area (Å²) < 4.78 is 74.7. The molecule has 0 bridgehead atoms. The van der Waals surface area contributed by atoms with E-state index in [0.717, 1.165) is 23.4 Å². The monoisotopic (exact) mass is 598 g/mol. The van der Waals surface area contributed by atoms with E-state index < -0.39 is 43.1 Å². The summed E-state index contributed by atoms with van der Waals surface area (Å²) in [5.41, 5.74) is 2.83. The van der Waals surface area contributed by atoms with Crippen molar-refractivity contribution in [3.63, 3.8) is 0 Å². The number of hydrogen-bond acceptors (Lipinski definition) is 7. The maximum atomic E-state index is 13.8. The van der Waals surface area contributed by atoms with Gasteiger partial charge in [-0.05, 0) is 53.4 Å². The second-order valence-electron chi connectivity index (χ2n) is 9.66. The van der Waals surface area contributed by atoms with E-state index in [9.17, 15) is 26.0 Å². The van der Waals surface area contributed by atoms with Crippen LogP contribution in [0.25, 0.3) is 0 Å². The van der Waals surface area contributed by atoms with Gasteiger partial charge in [-0.2, -0.15) is 0 Å². The minimum Gasteiger partial charge on any atom is -0.497 e. The number of sulfonamides is 2. The minimum atomic E-state index is -4.14. The van der Waals surface area contributed by atoms with Crippen LogP contribution < -0.4 is 14.2 Å². The summed E-state index contributed by atoms with van der Waals surface area (Å²) in [4.78, 5) is 19.0. The largest absolute Gasteiger partial charge is 0.497 e. The summed E-state index contributed by atoms with van der Waals surface area (Å²) in [6.45, 7) is 0. The van der Waals surface area contributed by atoms with E-state index in [1.165, 1.54) is 12.1 Å². The lowest BCUT2D eigenvalue weighted by molar-refractivity contribution is -0.118. The van der Waals surface area contributed by atoms with Gasteiger partial charge in [0.15, 0.2) is 0 Å². The molecule has 1 aromatic heterocycles. The zero-order chi connectivity index (χ0) is 29.2. The predicted molar refractivity (Wildman–Crippen MR) is 148 cm³/mol. The summed E-state index contributed by atoms with van der Waals surface area (Å²) >= 11 is 0. The van der Waals surface area contributed by atoms with Gasteiger partial charge in [0.1, 0.15) is 22.6 Å². The van der Waals surface area contributed by atoms with E-state index in [0.29, 0.717) is 29.1 Å². The van der Waals surface area contributed by atoms with Gasteiger partial charge in [0.05, 0.1) is 24.5 Å². The SMILES string of the molecule is COc1cccc(Cc2cnc(C(Cc3ccc(C4CC(=O)NS4(=O)=O)cc3)NS(=O)(=O)c3cccc(F)c3)[nH]2)c1. The molecule has 13 heteroatoms. The average Bonchev–Trinajstić information content (AvgIpc) is 3.51. The van der Waals surface area contributed by atoms with Crippen LogP contribution in [0.2, 0.25) is 0 Å².